The Labute approximate surface area is 211 Å². The summed E-state index contributed by atoms with van der Waals surface area (Å²) in [5.74, 6) is 0.540. The van der Waals surface area contributed by atoms with Gasteiger partial charge < -0.3 is 31.1 Å². The van der Waals surface area contributed by atoms with Gasteiger partial charge in [-0.3, -0.25) is 9.79 Å². The summed E-state index contributed by atoms with van der Waals surface area (Å²) in [6.07, 6.45) is 0.994. The van der Waals surface area contributed by atoms with Crippen LogP contribution in [0.3, 0.4) is 0 Å². The maximum atomic E-state index is 12.5. The Morgan fingerprint density at radius 2 is 1.81 bits per heavy atom. The topological polar surface area (TPSA) is 136 Å². The normalized spacial score (nSPS) is 11.9. The van der Waals surface area contributed by atoms with Crippen molar-refractivity contribution < 1.29 is 19.4 Å². The first kappa shape index (κ1) is 27.9. The highest BCUT2D eigenvalue weighted by Gasteiger charge is 2.15. The summed E-state index contributed by atoms with van der Waals surface area (Å²) in [5.41, 5.74) is 2.05. The van der Waals surface area contributed by atoms with Gasteiger partial charge in [0.2, 0.25) is 5.96 Å². The number of amidine groups is 1. The van der Waals surface area contributed by atoms with E-state index in [0.29, 0.717) is 22.8 Å². The molecule has 0 aromatic heterocycles. The predicted octanol–water partition coefficient (Wildman–Crippen LogP) is 4.05. The summed E-state index contributed by atoms with van der Waals surface area (Å²) >= 11 is 0. The Morgan fingerprint density at radius 3 is 2.47 bits per heavy atom. The zero-order valence-corrected chi connectivity index (χ0v) is 21.3. The molecule has 0 radical (unpaired) electrons. The minimum atomic E-state index is -0.586. The Bertz CT molecular complexity index is 1150. The number of phenolic OH excluding ortho intramolecular Hbond substituents is 1. The number of nitrogens with one attached hydrogen (secondary N) is 4. The Kier molecular flexibility index (Phi) is 10.0. The summed E-state index contributed by atoms with van der Waals surface area (Å²) in [6, 6.07) is 11.8. The number of ether oxygens (including phenoxy) is 1. The van der Waals surface area contributed by atoms with E-state index in [1.54, 1.807) is 70.3 Å². The van der Waals surface area contributed by atoms with Crippen LogP contribution in [0.25, 0.3) is 0 Å². The number of alkyl carbamates (subject to hydrolysis) is 1. The molecule has 0 aliphatic heterocycles. The lowest BCUT2D eigenvalue weighted by molar-refractivity contribution is 0.0526. The second-order valence-electron chi connectivity index (χ2n) is 8.76. The van der Waals surface area contributed by atoms with Crippen LogP contribution in [0.15, 0.2) is 65.1 Å². The smallest absolute Gasteiger partial charge is 0.407 e. The van der Waals surface area contributed by atoms with E-state index in [9.17, 15) is 14.7 Å². The molecule has 0 aliphatic rings. The van der Waals surface area contributed by atoms with Gasteiger partial charge in [-0.05, 0) is 63.6 Å². The zero-order chi connectivity index (χ0) is 26.7. The molecule has 0 atom stereocenters. The Balaban J connectivity index is 1.98. The molecular formula is C26H34N6O4. The van der Waals surface area contributed by atoms with Gasteiger partial charge in [0.05, 0.1) is 0 Å². The highest BCUT2D eigenvalue weighted by molar-refractivity contribution is 6.12. The van der Waals surface area contributed by atoms with Crippen LogP contribution < -0.4 is 21.3 Å². The van der Waals surface area contributed by atoms with Crippen molar-refractivity contribution in [3.05, 3.63) is 66.2 Å². The third-order valence-electron chi connectivity index (χ3n) is 4.58. The van der Waals surface area contributed by atoms with Crippen LogP contribution in [0.5, 0.6) is 5.75 Å². The van der Waals surface area contributed by atoms with Crippen LogP contribution in [0.4, 0.5) is 16.2 Å². The van der Waals surface area contributed by atoms with Gasteiger partial charge >= 0.3 is 6.09 Å². The number of hydrogen-bond acceptors (Lipinski definition) is 5. The van der Waals surface area contributed by atoms with Crippen LogP contribution in [-0.2, 0) is 4.74 Å². The van der Waals surface area contributed by atoms with Crippen LogP contribution in [0.1, 0.15) is 36.7 Å². The first-order valence-corrected chi connectivity index (χ1v) is 11.4. The number of carbonyl (C=O) groups excluding carboxylic acids is 2. The maximum absolute atomic E-state index is 12.5. The summed E-state index contributed by atoms with van der Waals surface area (Å²) < 4.78 is 5.16. The molecule has 2 rings (SSSR count). The number of phenols is 1. The third kappa shape index (κ3) is 9.49. The number of guanidine groups is 1. The van der Waals surface area contributed by atoms with E-state index in [1.807, 2.05) is 6.92 Å². The molecule has 0 spiro atoms. The standard InChI is InChI=1S/C26H34N6O4/c1-7-22(31-21-16-20(33)12-11-17(21)2)32-24(27-6)30-19-10-8-9-18(15-19)23(34)28-13-14-29-25(35)36-26(3,4)5/h7-12,15-16,33H,1,13-14H2,2-6H3,(H,28,34)(H,29,35)(H2,27,30,31,32). The van der Waals surface area contributed by atoms with E-state index in [-0.39, 0.29) is 30.7 Å². The molecule has 2 aromatic carbocycles. The molecule has 10 heteroatoms. The van der Waals surface area contributed by atoms with Crippen molar-refractivity contribution in [2.24, 2.45) is 9.98 Å². The summed E-state index contributed by atoms with van der Waals surface area (Å²) in [7, 11) is 1.58. The van der Waals surface area contributed by atoms with Crippen molar-refractivity contribution in [2.45, 2.75) is 33.3 Å². The van der Waals surface area contributed by atoms with E-state index >= 15 is 0 Å². The van der Waals surface area contributed by atoms with Gasteiger partial charge in [-0.1, -0.05) is 18.7 Å². The molecule has 0 fully saturated rings. The first-order chi connectivity index (χ1) is 17.0. The van der Waals surface area contributed by atoms with Crippen molar-refractivity contribution in [1.29, 1.82) is 0 Å². The van der Waals surface area contributed by atoms with Crippen molar-refractivity contribution in [2.75, 3.05) is 30.8 Å². The first-order valence-electron chi connectivity index (χ1n) is 11.4. The maximum Gasteiger partial charge on any atom is 0.407 e. The average molecular weight is 495 g/mol. The van der Waals surface area contributed by atoms with Crippen LogP contribution >= 0.6 is 0 Å². The number of rotatable bonds is 7. The fraction of sp³-hybridized carbons (Fsp3) is 0.308. The second kappa shape index (κ2) is 12.9. The number of aryl methyl sites for hydroxylation is 1. The van der Waals surface area contributed by atoms with Crippen molar-refractivity contribution >= 4 is 35.2 Å². The van der Waals surface area contributed by atoms with Gasteiger partial charge in [-0.25, -0.2) is 4.79 Å². The Morgan fingerprint density at radius 1 is 1.08 bits per heavy atom. The molecule has 0 aliphatic carbocycles. The number of aromatic hydroxyl groups is 1. The molecule has 10 nitrogen and oxygen atoms in total. The number of anilines is 2. The van der Waals surface area contributed by atoms with Crippen molar-refractivity contribution in [3.63, 3.8) is 0 Å². The quantitative estimate of drug-likeness (QED) is 0.224. The van der Waals surface area contributed by atoms with E-state index in [2.05, 4.69) is 37.8 Å². The number of amides is 2. The number of carbonyl (C=O) groups is 2. The van der Waals surface area contributed by atoms with Gasteiger partial charge in [0.15, 0.2) is 0 Å². The highest BCUT2D eigenvalue weighted by Crippen LogP contribution is 2.21. The highest BCUT2D eigenvalue weighted by atomic mass is 16.6. The largest absolute Gasteiger partial charge is 0.508 e. The van der Waals surface area contributed by atoms with Gasteiger partial charge in [0.1, 0.15) is 17.2 Å². The van der Waals surface area contributed by atoms with E-state index in [4.69, 9.17) is 4.74 Å². The summed E-state index contributed by atoms with van der Waals surface area (Å²) in [5, 5.41) is 21.3. The van der Waals surface area contributed by atoms with Crippen LogP contribution in [0, 0.1) is 6.92 Å². The molecular weight excluding hydrogens is 460 g/mol. The predicted molar refractivity (Wildman–Crippen MR) is 144 cm³/mol. The van der Waals surface area contributed by atoms with Crippen molar-refractivity contribution in [3.8, 4) is 5.75 Å². The SMILES string of the molecule is C=C/C(=N\C(=NC)Nc1cccc(C(=O)NCCNC(=O)OC(C)(C)C)c1)Nc1cc(O)ccc1C. The molecule has 0 saturated heterocycles. The Hall–Kier alpha value is -4.34. The van der Waals surface area contributed by atoms with Gasteiger partial charge in [0, 0.05) is 43.1 Å². The molecule has 5 N–H and O–H groups in total. The minimum absolute atomic E-state index is 0.129. The summed E-state index contributed by atoms with van der Waals surface area (Å²) in [4.78, 5) is 32.8. The molecule has 0 unspecified atom stereocenters. The van der Waals surface area contributed by atoms with E-state index in [0.717, 1.165) is 5.56 Å². The third-order valence-corrected chi connectivity index (χ3v) is 4.58. The molecule has 0 bridgehead atoms. The van der Waals surface area contributed by atoms with Gasteiger partial charge in [-0.2, -0.15) is 4.99 Å². The molecule has 0 saturated carbocycles. The number of aliphatic imine (C=N–C) groups is 2. The number of nitrogens with zero attached hydrogens (tertiary/aromatic N) is 2. The lowest BCUT2D eigenvalue weighted by Crippen LogP contribution is -2.37. The van der Waals surface area contributed by atoms with Crippen molar-refractivity contribution in [1.82, 2.24) is 10.6 Å². The van der Waals surface area contributed by atoms with Crippen LogP contribution in [-0.4, -0.2) is 54.6 Å². The number of benzene rings is 2. The fourth-order valence-electron chi connectivity index (χ4n) is 2.88. The van der Waals surface area contributed by atoms with Gasteiger partial charge in [-0.15, -0.1) is 0 Å². The van der Waals surface area contributed by atoms with Crippen LogP contribution in [0.2, 0.25) is 0 Å². The fourth-order valence-corrected chi connectivity index (χ4v) is 2.88. The number of hydrogen-bond donors (Lipinski definition) is 5. The average Bonchev–Trinajstić information content (AvgIpc) is 2.82. The molecule has 2 amide bonds. The lowest BCUT2D eigenvalue weighted by atomic mass is 10.2. The lowest BCUT2D eigenvalue weighted by Gasteiger charge is -2.19. The second-order valence-corrected chi connectivity index (χ2v) is 8.76. The van der Waals surface area contributed by atoms with Gasteiger partial charge in [0.25, 0.3) is 5.91 Å². The molecule has 2 aromatic rings. The zero-order valence-electron chi connectivity index (χ0n) is 21.3. The molecule has 36 heavy (non-hydrogen) atoms. The molecule has 192 valence electrons. The minimum Gasteiger partial charge on any atom is -0.508 e. The van der Waals surface area contributed by atoms with E-state index in [1.165, 1.54) is 6.08 Å². The monoisotopic (exact) mass is 494 g/mol. The van der Waals surface area contributed by atoms with E-state index < -0.39 is 11.7 Å². The molecule has 0 heterocycles. The summed E-state index contributed by atoms with van der Waals surface area (Å²) in [6.45, 7) is 11.5.